The van der Waals surface area contributed by atoms with E-state index >= 15 is 0 Å². The molecule has 0 unspecified atom stereocenters. The molecule has 0 aliphatic rings. The van der Waals surface area contributed by atoms with Crippen molar-refractivity contribution in [3.05, 3.63) is 28.1 Å². The van der Waals surface area contributed by atoms with E-state index < -0.39 is 0 Å². The van der Waals surface area contributed by atoms with Gasteiger partial charge in [0.2, 0.25) is 0 Å². The largest absolute Gasteiger partial charge is 0.315 e. The van der Waals surface area contributed by atoms with Crippen molar-refractivity contribution in [2.75, 3.05) is 13.1 Å². The van der Waals surface area contributed by atoms with Gasteiger partial charge >= 0.3 is 0 Å². The molecular formula is C14H21N3OS. The van der Waals surface area contributed by atoms with Crippen molar-refractivity contribution >= 4 is 21.6 Å². The zero-order chi connectivity index (χ0) is 13.9. The Morgan fingerprint density at radius 2 is 2.16 bits per heavy atom. The van der Waals surface area contributed by atoms with Gasteiger partial charge in [0.1, 0.15) is 4.83 Å². The van der Waals surface area contributed by atoms with Gasteiger partial charge in [-0.15, -0.1) is 11.3 Å². The molecule has 19 heavy (non-hydrogen) atoms. The van der Waals surface area contributed by atoms with Gasteiger partial charge in [-0.1, -0.05) is 20.8 Å². The molecule has 2 aromatic heterocycles. The van der Waals surface area contributed by atoms with Crippen molar-refractivity contribution < 1.29 is 0 Å². The lowest BCUT2D eigenvalue weighted by Crippen LogP contribution is -2.28. The summed E-state index contributed by atoms with van der Waals surface area (Å²) in [5.41, 5.74) is 0.407. The zero-order valence-electron chi connectivity index (χ0n) is 11.8. The van der Waals surface area contributed by atoms with Crippen molar-refractivity contribution in [1.82, 2.24) is 14.9 Å². The van der Waals surface area contributed by atoms with E-state index in [4.69, 9.17) is 0 Å². The number of nitrogens with one attached hydrogen (secondary N) is 1. The highest BCUT2D eigenvalue weighted by atomic mass is 32.1. The van der Waals surface area contributed by atoms with Crippen molar-refractivity contribution in [3.8, 4) is 0 Å². The molecule has 0 aliphatic carbocycles. The predicted molar refractivity (Wildman–Crippen MR) is 80.8 cm³/mol. The highest BCUT2D eigenvalue weighted by molar-refractivity contribution is 7.16. The summed E-state index contributed by atoms with van der Waals surface area (Å²) in [6.45, 7) is 9.14. The van der Waals surface area contributed by atoms with E-state index in [1.807, 2.05) is 11.4 Å². The van der Waals surface area contributed by atoms with Crippen molar-refractivity contribution in [3.63, 3.8) is 0 Å². The molecular weight excluding hydrogens is 258 g/mol. The maximum absolute atomic E-state index is 12.1. The molecule has 0 bridgehead atoms. The topological polar surface area (TPSA) is 46.9 Å². The molecule has 0 amide bonds. The van der Waals surface area contributed by atoms with Crippen LogP contribution in [0.15, 0.2) is 22.6 Å². The van der Waals surface area contributed by atoms with Crippen molar-refractivity contribution in [2.24, 2.45) is 5.41 Å². The average molecular weight is 279 g/mol. The molecule has 0 atom stereocenters. The van der Waals surface area contributed by atoms with Gasteiger partial charge in [-0.3, -0.25) is 9.36 Å². The molecule has 2 rings (SSSR count). The first-order valence-corrected chi connectivity index (χ1v) is 7.49. The first-order valence-electron chi connectivity index (χ1n) is 6.61. The van der Waals surface area contributed by atoms with Crippen LogP contribution in [0.2, 0.25) is 0 Å². The minimum absolute atomic E-state index is 0.0591. The Morgan fingerprint density at radius 3 is 2.89 bits per heavy atom. The van der Waals surface area contributed by atoms with E-state index in [-0.39, 0.29) is 5.56 Å². The minimum atomic E-state index is 0.0591. The number of hydrogen-bond acceptors (Lipinski definition) is 4. The summed E-state index contributed by atoms with van der Waals surface area (Å²) in [6.07, 6.45) is 2.77. The zero-order valence-corrected chi connectivity index (χ0v) is 12.6. The van der Waals surface area contributed by atoms with Gasteiger partial charge in [0.05, 0.1) is 11.7 Å². The summed E-state index contributed by atoms with van der Waals surface area (Å²) in [6, 6.07) is 1.85. The fourth-order valence-corrected chi connectivity index (χ4v) is 2.56. The Hall–Kier alpha value is -1.20. The van der Waals surface area contributed by atoms with Crippen molar-refractivity contribution in [1.29, 1.82) is 0 Å². The van der Waals surface area contributed by atoms with Crippen LogP contribution in [-0.2, 0) is 6.54 Å². The number of nitrogens with zero attached hydrogens (tertiary/aromatic N) is 2. The monoisotopic (exact) mass is 279 g/mol. The smallest absolute Gasteiger partial charge is 0.262 e. The number of thiophene rings is 1. The predicted octanol–water partition coefficient (Wildman–Crippen LogP) is 2.48. The van der Waals surface area contributed by atoms with E-state index in [0.717, 1.165) is 29.7 Å². The van der Waals surface area contributed by atoms with Crippen LogP contribution < -0.4 is 10.9 Å². The van der Waals surface area contributed by atoms with Gasteiger partial charge in [0, 0.05) is 13.1 Å². The third-order valence-electron chi connectivity index (χ3n) is 3.03. The quantitative estimate of drug-likeness (QED) is 0.855. The molecule has 0 fully saturated rings. The van der Waals surface area contributed by atoms with Gasteiger partial charge in [-0.2, -0.15) is 0 Å². The lowest BCUT2D eigenvalue weighted by molar-refractivity contribution is 0.365. The molecule has 104 valence electrons. The third-order valence-corrected chi connectivity index (χ3v) is 3.85. The molecule has 1 N–H and O–H groups in total. The van der Waals surface area contributed by atoms with Gasteiger partial charge < -0.3 is 5.32 Å². The molecule has 0 saturated carbocycles. The van der Waals surface area contributed by atoms with E-state index in [2.05, 4.69) is 31.1 Å². The summed E-state index contributed by atoms with van der Waals surface area (Å²) in [5, 5.41) is 6.01. The molecule has 0 aliphatic heterocycles. The molecule has 5 heteroatoms. The Bertz CT molecular complexity index is 594. The third kappa shape index (κ3) is 3.88. The number of rotatable bonds is 5. The summed E-state index contributed by atoms with van der Waals surface area (Å²) in [4.78, 5) is 17.2. The van der Waals surface area contributed by atoms with E-state index in [0.29, 0.717) is 12.0 Å². The van der Waals surface area contributed by atoms with Crippen LogP contribution in [0.5, 0.6) is 0 Å². The molecule has 0 saturated heterocycles. The van der Waals surface area contributed by atoms with Gasteiger partial charge in [-0.05, 0) is 29.8 Å². The van der Waals surface area contributed by atoms with Crippen molar-refractivity contribution in [2.45, 2.75) is 33.7 Å². The summed E-state index contributed by atoms with van der Waals surface area (Å²) in [7, 11) is 0. The SMILES string of the molecule is CC(C)(C)CCNCCn1cnc2sccc2c1=O. The Balaban J connectivity index is 1.88. The molecule has 4 nitrogen and oxygen atoms in total. The van der Waals surface area contributed by atoms with E-state index in [9.17, 15) is 4.79 Å². The second-order valence-corrected chi connectivity index (χ2v) is 6.84. The van der Waals surface area contributed by atoms with Crippen LogP contribution in [-0.4, -0.2) is 22.6 Å². The summed E-state index contributed by atoms with van der Waals surface area (Å²) in [5.74, 6) is 0. The second-order valence-electron chi connectivity index (χ2n) is 5.94. The number of fused-ring (bicyclic) bond motifs is 1. The number of aromatic nitrogens is 2. The molecule has 2 aromatic rings. The highest BCUT2D eigenvalue weighted by Crippen LogP contribution is 2.16. The Kier molecular flexibility index (Phi) is 4.37. The van der Waals surface area contributed by atoms with Gasteiger partial charge in [-0.25, -0.2) is 4.98 Å². The van der Waals surface area contributed by atoms with E-state index in [1.54, 1.807) is 10.9 Å². The molecule has 2 heterocycles. The summed E-state index contributed by atoms with van der Waals surface area (Å²) < 4.78 is 1.68. The lowest BCUT2D eigenvalue weighted by atomic mass is 9.92. The maximum atomic E-state index is 12.1. The average Bonchev–Trinajstić information content (AvgIpc) is 2.79. The number of hydrogen-bond donors (Lipinski definition) is 1. The fraction of sp³-hybridized carbons (Fsp3) is 0.571. The summed E-state index contributed by atoms with van der Waals surface area (Å²) >= 11 is 1.50. The standard InChI is InChI=1S/C14H21N3OS/c1-14(2,3)5-6-15-7-8-17-10-16-12-11(13(17)18)4-9-19-12/h4,9-10,15H,5-8H2,1-3H3. The Morgan fingerprint density at radius 1 is 1.37 bits per heavy atom. The van der Waals surface area contributed by atoms with Crippen LogP contribution in [0.1, 0.15) is 27.2 Å². The van der Waals surface area contributed by atoms with Crippen LogP contribution in [0.25, 0.3) is 10.2 Å². The van der Waals surface area contributed by atoms with Gasteiger partial charge in [0.25, 0.3) is 5.56 Å². The minimum Gasteiger partial charge on any atom is -0.315 e. The van der Waals surface area contributed by atoms with Crippen LogP contribution in [0.4, 0.5) is 0 Å². The maximum Gasteiger partial charge on any atom is 0.262 e. The first kappa shape index (κ1) is 14.2. The second kappa shape index (κ2) is 5.84. The fourth-order valence-electron chi connectivity index (χ4n) is 1.84. The normalized spacial score (nSPS) is 12.2. The van der Waals surface area contributed by atoms with Gasteiger partial charge in [0.15, 0.2) is 0 Å². The highest BCUT2D eigenvalue weighted by Gasteiger charge is 2.09. The van der Waals surface area contributed by atoms with Crippen LogP contribution in [0.3, 0.4) is 0 Å². The lowest BCUT2D eigenvalue weighted by Gasteiger charge is -2.18. The molecule has 0 aromatic carbocycles. The molecule has 0 spiro atoms. The first-order chi connectivity index (χ1) is 8.97. The van der Waals surface area contributed by atoms with Crippen LogP contribution >= 0.6 is 11.3 Å². The van der Waals surface area contributed by atoms with E-state index in [1.165, 1.54) is 11.3 Å². The Labute approximate surface area is 117 Å². The molecule has 0 radical (unpaired) electrons. The van der Waals surface area contributed by atoms with Crippen LogP contribution in [0, 0.1) is 5.41 Å².